The van der Waals surface area contributed by atoms with Crippen molar-refractivity contribution < 1.29 is 9.72 Å². The summed E-state index contributed by atoms with van der Waals surface area (Å²) >= 11 is 5.84. The van der Waals surface area contributed by atoms with Crippen LogP contribution < -0.4 is 5.32 Å². The largest absolute Gasteiger partial charge is 0.324 e. The number of non-ortho nitro benzene ring substituents is 1. The second-order valence-electron chi connectivity index (χ2n) is 4.09. The van der Waals surface area contributed by atoms with E-state index in [-0.39, 0.29) is 18.1 Å². The fourth-order valence-electron chi connectivity index (χ4n) is 1.59. The predicted octanol–water partition coefficient (Wildman–Crippen LogP) is 2.39. The minimum Gasteiger partial charge on any atom is -0.324 e. The van der Waals surface area contributed by atoms with Crippen LogP contribution in [0.2, 0.25) is 5.02 Å². The summed E-state index contributed by atoms with van der Waals surface area (Å²) in [6.45, 7) is 1.78. The molecule has 0 fully saturated rings. The molecular weight excluding hydrogens is 284 g/mol. The average Bonchev–Trinajstić information content (AvgIpc) is 2.71. The van der Waals surface area contributed by atoms with E-state index < -0.39 is 4.92 Å². The second-order valence-corrected chi connectivity index (χ2v) is 4.49. The van der Waals surface area contributed by atoms with Gasteiger partial charge < -0.3 is 5.32 Å². The van der Waals surface area contributed by atoms with Gasteiger partial charge in [0.15, 0.2) is 0 Å². The summed E-state index contributed by atoms with van der Waals surface area (Å²) in [5.41, 5.74) is 1.15. The van der Waals surface area contributed by atoms with Crippen LogP contribution in [0.4, 0.5) is 11.4 Å². The number of hydrogen-bond acceptors (Lipinski definition) is 4. The van der Waals surface area contributed by atoms with Crippen molar-refractivity contribution in [2.45, 2.75) is 13.5 Å². The molecule has 0 saturated carbocycles. The van der Waals surface area contributed by atoms with Crippen molar-refractivity contribution in [2.24, 2.45) is 0 Å². The number of nitrogens with one attached hydrogen (secondary N) is 1. The lowest BCUT2D eigenvalue weighted by molar-refractivity contribution is -0.384. The summed E-state index contributed by atoms with van der Waals surface area (Å²) in [6, 6.07) is 5.59. The number of rotatable bonds is 4. The lowest BCUT2D eigenvalue weighted by Crippen LogP contribution is -2.20. The van der Waals surface area contributed by atoms with Crippen LogP contribution in [0.1, 0.15) is 5.69 Å². The molecule has 0 aliphatic carbocycles. The minimum absolute atomic E-state index is 0.0234. The fraction of sp³-hybridized carbons (Fsp3) is 0.167. The van der Waals surface area contributed by atoms with Crippen LogP contribution in [0.15, 0.2) is 30.5 Å². The maximum absolute atomic E-state index is 11.8. The van der Waals surface area contributed by atoms with Gasteiger partial charge in [-0.2, -0.15) is 5.10 Å². The van der Waals surface area contributed by atoms with Crippen molar-refractivity contribution in [1.82, 2.24) is 9.78 Å². The molecule has 0 spiro atoms. The Bertz CT molecular complexity index is 651. The molecule has 2 rings (SSSR count). The quantitative estimate of drug-likeness (QED) is 0.692. The Hall–Kier alpha value is -2.41. The van der Waals surface area contributed by atoms with Crippen LogP contribution in [0.25, 0.3) is 0 Å². The number of amides is 1. The predicted molar refractivity (Wildman–Crippen MR) is 73.7 cm³/mol. The normalized spacial score (nSPS) is 10.3. The molecular formula is C12H11ClN4O3. The van der Waals surface area contributed by atoms with Crippen molar-refractivity contribution in [3.05, 3.63) is 51.3 Å². The highest BCUT2D eigenvalue weighted by atomic mass is 35.5. The number of hydrogen-bond donors (Lipinski definition) is 1. The topological polar surface area (TPSA) is 90.1 Å². The van der Waals surface area contributed by atoms with Crippen molar-refractivity contribution in [3.63, 3.8) is 0 Å². The van der Waals surface area contributed by atoms with E-state index in [1.165, 1.54) is 35.1 Å². The molecule has 2 aromatic rings. The Morgan fingerprint density at radius 3 is 2.60 bits per heavy atom. The molecule has 0 unspecified atom stereocenters. The zero-order chi connectivity index (χ0) is 14.7. The van der Waals surface area contributed by atoms with Crippen molar-refractivity contribution in [1.29, 1.82) is 0 Å². The first-order valence-electron chi connectivity index (χ1n) is 5.69. The SMILES string of the molecule is Cc1c(Cl)cnn1CC(=O)Nc1ccc([N+](=O)[O-])cc1. The van der Waals surface area contributed by atoms with E-state index in [4.69, 9.17) is 11.6 Å². The molecule has 0 radical (unpaired) electrons. The Balaban J connectivity index is 2.01. The molecule has 0 bridgehead atoms. The molecule has 1 N–H and O–H groups in total. The fourth-order valence-corrected chi connectivity index (χ4v) is 1.73. The number of nitro benzene ring substituents is 1. The molecule has 20 heavy (non-hydrogen) atoms. The Labute approximate surface area is 119 Å². The number of nitrogens with zero attached hydrogens (tertiary/aromatic N) is 3. The number of carbonyl (C=O) groups excluding carboxylic acids is 1. The first-order chi connectivity index (χ1) is 9.47. The van der Waals surface area contributed by atoms with E-state index in [0.717, 1.165) is 0 Å². The molecule has 0 saturated heterocycles. The van der Waals surface area contributed by atoms with E-state index in [1.54, 1.807) is 6.92 Å². The molecule has 1 aromatic carbocycles. The molecule has 0 atom stereocenters. The number of halogens is 1. The van der Waals surface area contributed by atoms with Crippen molar-refractivity contribution in [3.8, 4) is 0 Å². The van der Waals surface area contributed by atoms with Gasteiger partial charge in [-0.05, 0) is 19.1 Å². The van der Waals surface area contributed by atoms with Crippen LogP contribution >= 0.6 is 11.6 Å². The summed E-state index contributed by atoms with van der Waals surface area (Å²) in [6.07, 6.45) is 1.47. The Morgan fingerprint density at radius 1 is 1.45 bits per heavy atom. The van der Waals surface area contributed by atoms with E-state index >= 15 is 0 Å². The van der Waals surface area contributed by atoms with Gasteiger partial charge >= 0.3 is 0 Å². The minimum atomic E-state index is -0.499. The molecule has 7 nitrogen and oxygen atoms in total. The van der Waals surface area contributed by atoms with Crippen LogP contribution in [0.5, 0.6) is 0 Å². The number of nitro groups is 1. The average molecular weight is 295 g/mol. The summed E-state index contributed by atoms with van der Waals surface area (Å²) in [7, 11) is 0. The lowest BCUT2D eigenvalue weighted by atomic mass is 10.3. The summed E-state index contributed by atoms with van der Waals surface area (Å²) < 4.78 is 1.48. The van der Waals surface area contributed by atoms with E-state index in [9.17, 15) is 14.9 Å². The highest BCUT2D eigenvalue weighted by molar-refractivity contribution is 6.31. The zero-order valence-corrected chi connectivity index (χ0v) is 11.3. The lowest BCUT2D eigenvalue weighted by Gasteiger charge is -2.06. The van der Waals surface area contributed by atoms with Gasteiger partial charge in [0.05, 0.1) is 21.8 Å². The molecule has 0 aliphatic rings. The Kier molecular flexibility index (Phi) is 3.99. The van der Waals surface area contributed by atoms with Gasteiger partial charge in [-0.1, -0.05) is 11.6 Å². The maximum Gasteiger partial charge on any atom is 0.269 e. The van der Waals surface area contributed by atoms with Gasteiger partial charge in [0.25, 0.3) is 5.69 Å². The van der Waals surface area contributed by atoms with E-state index in [0.29, 0.717) is 16.4 Å². The number of aromatic nitrogens is 2. The maximum atomic E-state index is 11.8. The number of anilines is 1. The van der Waals surface area contributed by atoms with Crippen molar-refractivity contribution in [2.75, 3.05) is 5.32 Å². The summed E-state index contributed by atoms with van der Waals surface area (Å²) in [4.78, 5) is 21.8. The molecule has 1 amide bonds. The summed E-state index contributed by atoms with van der Waals surface area (Å²) in [5, 5.41) is 17.6. The van der Waals surface area contributed by atoms with Gasteiger partial charge in [0.1, 0.15) is 6.54 Å². The van der Waals surface area contributed by atoms with Crippen LogP contribution in [0, 0.1) is 17.0 Å². The van der Waals surface area contributed by atoms with Crippen LogP contribution in [0.3, 0.4) is 0 Å². The third kappa shape index (κ3) is 3.12. The second kappa shape index (κ2) is 5.70. The highest BCUT2D eigenvalue weighted by Crippen LogP contribution is 2.16. The smallest absolute Gasteiger partial charge is 0.269 e. The van der Waals surface area contributed by atoms with Gasteiger partial charge in [0.2, 0.25) is 5.91 Å². The van der Waals surface area contributed by atoms with Crippen molar-refractivity contribution >= 4 is 28.9 Å². The summed E-state index contributed by atoms with van der Waals surface area (Å²) in [5.74, 6) is -0.290. The molecule has 104 valence electrons. The van der Waals surface area contributed by atoms with Gasteiger partial charge in [-0.15, -0.1) is 0 Å². The van der Waals surface area contributed by atoms with E-state index in [1.807, 2.05) is 0 Å². The number of carbonyl (C=O) groups is 1. The Morgan fingerprint density at radius 2 is 2.10 bits per heavy atom. The van der Waals surface area contributed by atoms with E-state index in [2.05, 4.69) is 10.4 Å². The first-order valence-corrected chi connectivity index (χ1v) is 6.07. The number of benzene rings is 1. The molecule has 8 heteroatoms. The molecule has 0 aliphatic heterocycles. The highest BCUT2D eigenvalue weighted by Gasteiger charge is 2.10. The monoisotopic (exact) mass is 294 g/mol. The third-order valence-corrected chi connectivity index (χ3v) is 3.07. The van der Waals surface area contributed by atoms with Gasteiger partial charge in [-0.3, -0.25) is 19.6 Å². The van der Waals surface area contributed by atoms with Crippen LogP contribution in [-0.2, 0) is 11.3 Å². The zero-order valence-electron chi connectivity index (χ0n) is 10.5. The molecule has 1 heterocycles. The van der Waals surface area contributed by atoms with Gasteiger partial charge in [-0.25, -0.2) is 0 Å². The molecule has 1 aromatic heterocycles. The van der Waals surface area contributed by atoms with Gasteiger partial charge in [0, 0.05) is 17.8 Å². The third-order valence-electron chi connectivity index (χ3n) is 2.70. The standard InChI is InChI=1S/C12H11ClN4O3/c1-8-11(13)6-14-16(8)7-12(18)15-9-2-4-10(5-3-9)17(19)20/h2-6H,7H2,1H3,(H,15,18). The van der Waals surface area contributed by atoms with Crippen LogP contribution in [-0.4, -0.2) is 20.6 Å². The first kappa shape index (κ1) is 14.0.